The molecular weight excluding hydrogens is 298 g/mol. The molecule has 0 atom stereocenters. The van der Waals surface area contributed by atoms with Crippen molar-refractivity contribution in [3.8, 4) is 16.8 Å². The zero-order valence-corrected chi connectivity index (χ0v) is 14.0. The van der Waals surface area contributed by atoms with E-state index in [1.54, 1.807) is 4.68 Å². The molecular formula is C19H21N5. The molecule has 0 unspecified atom stereocenters. The molecule has 0 radical (unpaired) electrons. The molecule has 0 saturated carbocycles. The lowest BCUT2D eigenvalue weighted by atomic mass is 10.1. The Hall–Kier alpha value is -2.95. The number of aromatic nitrogens is 4. The molecule has 5 heteroatoms. The van der Waals surface area contributed by atoms with Gasteiger partial charge in [-0.05, 0) is 47.5 Å². The SMILES string of the molecule is CCN(C=Cc1nnnn1-c1ccc(-c2ccccc2)cc1)CC. The molecule has 0 fully saturated rings. The summed E-state index contributed by atoms with van der Waals surface area (Å²) in [6.45, 7) is 6.17. The van der Waals surface area contributed by atoms with Crippen molar-refractivity contribution in [1.82, 2.24) is 25.1 Å². The first-order valence-electron chi connectivity index (χ1n) is 8.18. The van der Waals surface area contributed by atoms with E-state index < -0.39 is 0 Å². The minimum atomic E-state index is 0.717. The van der Waals surface area contributed by atoms with E-state index in [4.69, 9.17) is 0 Å². The summed E-state index contributed by atoms with van der Waals surface area (Å²) in [5, 5.41) is 12.0. The van der Waals surface area contributed by atoms with Crippen LogP contribution in [0.2, 0.25) is 0 Å². The average molecular weight is 319 g/mol. The maximum atomic E-state index is 4.10. The predicted molar refractivity (Wildman–Crippen MR) is 96.5 cm³/mol. The lowest BCUT2D eigenvalue weighted by Gasteiger charge is -2.14. The molecule has 3 aromatic rings. The van der Waals surface area contributed by atoms with Crippen molar-refractivity contribution in [3.63, 3.8) is 0 Å². The molecule has 1 aromatic heterocycles. The van der Waals surface area contributed by atoms with Gasteiger partial charge in [-0.2, -0.15) is 4.68 Å². The highest BCUT2D eigenvalue weighted by atomic mass is 15.5. The number of hydrogen-bond donors (Lipinski definition) is 0. The Kier molecular flexibility index (Phi) is 5.01. The normalized spacial score (nSPS) is 11.1. The Balaban J connectivity index is 1.84. The number of rotatable bonds is 6. The monoisotopic (exact) mass is 319 g/mol. The van der Waals surface area contributed by atoms with Gasteiger partial charge in [0.2, 0.25) is 0 Å². The summed E-state index contributed by atoms with van der Waals surface area (Å²) >= 11 is 0. The molecule has 3 rings (SSSR count). The van der Waals surface area contributed by atoms with E-state index in [1.807, 2.05) is 42.6 Å². The molecule has 0 spiro atoms. The fraction of sp³-hybridized carbons (Fsp3) is 0.211. The van der Waals surface area contributed by atoms with Gasteiger partial charge >= 0.3 is 0 Å². The second kappa shape index (κ2) is 7.55. The lowest BCUT2D eigenvalue weighted by Crippen LogP contribution is -2.15. The molecule has 1 heterocycles. The van der Waals surface area contributed by atoms with Gasteiger partial charge in [0.15, 0.2) is 5.82 Å². The van der Waals surface area contributed by atoms with E-state index in [0.717, 1.165) is 24.6 Å². The van der Waals surface area contributed by atoms with Gasteiger partial charge < -0.3 is 4.90 Å². The smallest absolute Gasteiger partial charge is 0.181 e. The first-order chi connectivity index (χ1) is 11.8. The third kappa shape index (κ3) is 3.51. The van der Waals surface area contributed by atoms with Gasteiger partial charge in [0.05, 0.1) is 5.69 Å². The fourth-order valence-corrected chi connectivity index (χ4v) is 2.51. The second-order valence-corrected chi connectivity index (χ2v) is 5.40. The molecule has 0 N–H and O–H groups in total. The number of nitrogens with zero attached hydrogens (tertiary/aromatic N) is 5. The Morgan fingerprint density at radius 2 is 1.58 bits per heavy atom. The van der Waals surface area contributed by atoms with Gasteiger partial charge in [0, 0.05) is 25.4 Å². The van der Waals surface area contributed by atoms with E-state index in [1.165, 1.54) is 11.1 Å². The third-order valence-corrected chi connectivity index (χ3v) is 3.96. The van der Waals surface area contributed by atoms with Crippen molar-refractivity contribution in [3.05, 3.63) is 66.6 Å². The summed E-state index contributed by atoms with van der Waals surface area (Å²) in [7, 11) is 0. The fourth-order valence-electron chi connectivity index (χ4n) is 2.51. The van der Waals surface area contributed by atoms with Crippen LogP contribution in [0.3, 0.4) is 0 Å². The van der Waals surface area contributed by atoms with Crippen LogP contribution in [-0.4, -0.2) is 38.2 Å². The van der Waals surface area contributed by atoms with Gasteiger partial charge in [0.25, 0.3) is 0 Å². The van der Waals surface area contributed by atoms with Crippen LogP contribution in [0.5, 0.6) is 0 Å². The Bertz CT molecular complexity index is 786. The Morgan fingerprint density at radius 1 is 0.917 bits per heavy atom. The highest BCUT2D eigenvalue weighted by molar-refractivity contribution is 5.64. The standard InChI is InChI=1S/C19H21N5/c1-3-23(4-2)15-14-19-20-21-22-24(19)18-12-10-17(11-13-18)16-8-6-5-7-9-16/h5-15H,3-4H2,1-2H3. The van der Waals surface area contributed by atoms with Gasteiger partial charge in [-0.3, -0.25) is 0 Å². The molecule has 0 aliphatic rings. The highest BCUT2D eigenvalue weighted by Gasteiger charge is 2.06. The summed E-state index contributed by atoms with van der Waals surface area (Å²) in [6, 6.07) is 18.6. The molecule has 0 saturated heterocycles. The molecule has 2 aromatic carbocycles. The van der Waals surface area contributed by atoms with Crippen LogP contribution in [0.1, 0.15) is 19.7 Å². The van der Waals surface area contributed by atoms with E-state index in [0.29, 0.717) is 0 Å². The zero-order valence-electron chi connectivity index (χ0n) is 14.0. The molecule has 0 bridgehead atoms. The maximum absolute atomic E-state index is 4.10. The van der Waals surface area contributed by atoms with E-state index in [9.17, 15) is 0 Å². The van der Waals surface area contributed by atoms with Crippen molar-refractivity contribution in [2.24, 2.45) is 0 Å². The highest BCUT2D eigenvalue weighted by Crippen LogP contribution is 2.20. The van der Waals surface area contributed by atoms with Gasteiger partial charge in [-0.1, -0.05) is 42.5 Å². The van der Waals surface area contributed by atoms with Gasteiger partial charge in [-0.25, -0.2) is 0 Å². The van der Waals surface area contributed by atoms with Crippen LogP contribution in [0.4, 0.5) is 0 Å². The van der Waals surface area contributed by atoms with E-state index in [2.05, 4.69) is 58.5 Å². The van der Waals surface area contributed by atoms with Gasteiger partial charge in [-0.15, -0.1) is 5.10 Å². The number of hydrogen-bond acceptors (Lipinski definition) is 4. The Labute approximate surface area is 142 Å². The summed E-state index contributed by atoms with van der Waals surface area (Å²) < 4.78 is 1.74. The number of benzene rings is 2. The summed E-state index contributed by atoms with van der Waals surface area (Å²) in [5.74, 6) is 0.717. The van der Waals surface area contributed by atoms with Crippen LogP contribution < -0.4 is 0 Å². The largest absolute Gasteiger partial charge is 0.378 e. The van der Waals surface area contributed by atoms with Crippen LogP contribution in [0, 0.1) is 0 Å². The quantitative estimate of drug-likeness (QED) is 0.696. The van der Waals surface area contributed by atoms with Crippen LogP contribution >= 0.6 is 0 Å². The van der Waals surface area contributed by atoms with Gasteiger partial charge in [0.1, 0.15) is 0 Å². The topological polar surface area (TPSA) is 46.8 Å². The minimum Gasteiger partial charge on any atom is -0.378 e. The van der Waals surface area contributed by atoms with Crippen LogP contribution in [0.15, 0.2) is 60.8 Å². The summed E-state index contributed by atoms with van der Waals surface area (Å²) in [4.78, 5) is 2.19. The molecule has 24 heavy (non-hydrogen) atoms. The van der Waals surface area contributed by atoms with E-state index in [-0.39, 0.29) is 0 Å². The molecule has 0 aliphatic carbocycles. The van der Waals surface area contributed by atoms with Crippen molar-refractivity contribution in [1.29, 1.82) is 0 Å². The van der Waals surface area contributed by atoms with Crippen molar-refractivity contribution in [2.75, 3.05) is 13.1 Å². The van der Waals surface area contributed by atoms with Crippen molar-refractivity contribution < 1.29 is 0 Å². The Morgan fingerprint density at radius 3 is 2.25 bits per heavy atom. The summed E-state index contributed by atoms with van der Waals surface area (Å²) in [5.41, 5.74) is 3.31. The molecule has 5 nitrogen and oxygen atoms in total. The van der Waals surface area contributed by atoms with E-state index >= 15 is 0 Å². The average Bonchev–Trinajstić information content (AvgIpc) is 3.12. The summed E-state index contributed by atoms with van der Waals surface area (Å²) in [6.07, 6.45) is 3.97. The first kappa shape index (κ1) is 15.9. The lowest BCUT2D eigenvalue weighted by molar-refractivity contribution is 0.421. The van der Waals surface area contributed by atoms with Crippen LogP contribution in [0.25, 0.3) is 22.9 Å². The molecule has 122 valence electrons. The number of tetrazole rings is 1. The zero-order chi connectivity index (χ0) is 16.8. The van der Waals surface area contributed by atoms with Crippen molar-refractivity contribution >= 4 is 6.08 Å². The first-order valence-corrected chi connectivity index (χ1v) is 8.18. The maximum Gasteiger partial charge on any atom is 0.181 e. The molecule has 0 amide bonds. The second-order valence-electron chi connectivity index (χ2n) is 5.40. The van der Waals surface area contributed by atoms with Crippen molar-refractivity contribution in [2.45, 2.75) is 13.8 Å². The predicted octanol–water partition coefficient (Wildman–Crippen LogP) is 3.64. The van der Waals surface area contributed by atoms with Crippen LogP contribution in [-0.2, 0) is 0 Å². The third-order valence-electron chi connectivity index (χ3n) is 3.96. The molecule has 0 aliphatic heterocycles. The minimum absolute atomic E-state index is 0.717.